The topological polar surface area (TPSA) is 72.6 Å². The zero-order valence-corrected chi connectivity index (χ0v) is 19.3. The van der Waals surface area contributed by atoms with Gasteiger partial charge in [-0.3, -0.25) is 14.3 Å². The molecule has 8 nitrogen and oxygen atoms in total. The van der Waals surface area contributed by atoms with Crippen molar-refractivity contribution in [1.82, 2.24) is 24.1 Å². The molecule has 2 fully saturated rings. The van der Waals surface area contributed by atoms with Crippen LogP contribution in [-0.4, -0.2) is 76.0 Å². The molecule has 32 heavy (non-hydrogen) atoms. The fourth-order valence-electron chi connectivity index (χ4n) is 5.08. The van der Waals surface area contributed by atoms with E-state index in [1.807, 2.05) is 28.6 Å². The standard InChI is InChI=1S/C24H31N5O3/c1-15-11-21-19(12-18(15)24(31)28-8-7-26(3)16(2)14-28)22-20(23(30)27(21)4)13-25-29(22)17-5-9-32-10-6-17/h11-13,16-17H,5-10,14H2,1-4H3. The van der Waals surface area contributed by atoms with Gasteiger partial charge in [-0.15, -0.1) is 0 Å². The Hall–Kier alpha value is -2.71. The second-order valence-corrected chi connectivity index (χ2v) is 9.32. The molecule has 3 aromatic rings. The molecule has 1 unspecified atom stereocenters. The van der Waals surface area contributed by atoms with E-state index in [1.165, 1.54) is 0 Å². The zero-order chi connectivity index (χ0) is 22.6. The summed E-state index contributed by atoms with van der Waals surface area (Å²) in [6.07, 6.45) is 3.41. The number of carbonyl (C=O) groups is 1. The van der Waals surface area contributed by atoms with Crippen LogP contribution in [0.2, 0.25) is 0 Å². The van der Waals surface area contributed by atoms with Crippen LogP contribution in [0, 0.1) is 6.92 Å². The number of aryl methyl sites for hydroxylation is 2. The summed E-state index contributed by atoms with van der Waals surface area (Å²) in [4.78, 5) is 30.8. The zero-order valence-electron chi connectivity index (χ0n) is 19.3. The number of nitrogens with zero attached hydrogens (tertiary/aromatic N) is 5. The molecule has 0 radical (unpaired) electrons. The van der Waals surface area contributed by atoms with E-state index in [4.69, 9.17) is 4.74 Å². The first-order chi connectivity index (χ1) is 15.4. The van der Waals surface area contributed by atoms with Crippen LogP contribution in [0.3, 0.4) is 0 Å². The van der Waals surface area contributed by atoms with Crippen LogP contribution >= 0.6 is 0 Å². The van der Waals surface area contributed by atoms with E-state index in [2.05, 4.69) is 24.0 Å². The molecule has 8 heteroatoms. The highest BCUT2D eigenvalue weighted by Gasteiger charge is 2.27. The number of likely N-dealkylation sites (N-methyl/N-ethyl adjacent to an activating group) is 1. The highest BCUT2D eigenvalue weighted by Crippen LogP contribution is 2.31. The Morgan fingerprint density at radius 2 is 1.88 bits per heavy atom. The fraction of sp³-hybridized carbons (Fsp3) is 0.542. The van der Waals surface area contributed by atoms with Gasteiger partial charge in [0.1, 0.15) is 0 Å². The first-order valence-electron chi connectivity index (χ1n) is 11.4. The van der Waals surface area contributed by atoms with Crippen molar-refractivity contribution in [3.05, 3.63) is 39.8 Å². The van der Waals surface area contributed by atoms with Crippen molar-refractivity contribution >= 4 is 27.7 Å². The van der Waals surface area contributed by atoms with Crippen molar-refractivity contribution in [2.24, 2.45) is 7.05 Å². The SMILES string of the molecule is Cc1cc2c(cc1C(=O)N1CCN(C)C(C)C1)c1c(cnn1C1CCOCC1)c(=O)n2C. The van der Waals surface area contributed by atoms with Crippen LogP contribution in [0.4, 0.5) is 0 Å². The van der Waals surface area contributed by atoms with Crippen LogP contribution in [0.5, 0.6) is 0 Å². The highest BCUT2D eigenvalue weighted by atomic mass is 16.5. The van der Waals surface area contributed by atoms with E-state index < -0.39 is 0 Å². The van der Waals surface area contributed by atoms with Gasteiger partial charge >= 0.3 is 0 Å². The van der Waals surface area contributed by atoms with E-state index in [1.54, 1.807) is 17.8 Å². The number of ether oxygens (including phenoxy) is 1. The highest BCUT2D eigenvalue weighted by molar-refractivity contribution is 6.08. The number of amides is 1. The van der Waals surface area contributed by atoms with Gasteiger partial charge in [0.05, 0.1) is 28.7 Å². The Labute approximate surface area is 187 Å². The molecule has 4 heterocycles. The van der Waals surface area contributed by atoms with Gasteiger partial charge in [0.25, 0.3) is 11.5 Å². The molecule has 2 aromatic heterocycles. The van der Waals surface area contributed by atoms with Crippen molar-refractivity contribution < 1.29 is 9.53 Å². The Kier molecular flexibility index (Phi) is 5.29. The predicted octanol–water partition coefficient (Wildman–Crippen LogP) is 2.32. The van der Waals surface area contributed by atoms with Crippen LogP contribution in [-0.2, 0) is 11.8 Å². The maximum atomic E-state index is 13.5. The largest absolute Gasteiger partial charge is 0.381 e. The summed E-state index contributed by atoms with van der Waals surface area (Å²) in [5, 5.41) is 6.13. The van der Waals surface area contributed by atoms with Gasteiger partial charge in [0.2, 0.25) is 0 Å². The minimum atomic E-state index is -0.0582. The van der Waals surface area contributed by atoms with Crippen molar-refractivity contribution in [1.29, 1.82) is 0 Å². The molecule has 1 atom stereocenters. The smallest absolute Gasteiger partial charge is 0.261 e. The first-order valence-corrected chi connectivity index (χ1v) is 11.4. The first kappa shape index (κ1) is 21.2. The summed E-state index contributed by atoms with van der Waals surface area (Å²) in [5.74, 6) is 0.0588. The lowest BCUT2D eigenvalue weighted by molar-refractivity contribution is 0.0572. The second-order valence-electron chi connectivity index (χ2n) is 9.32. The molecule has 5 rings (SSSR count). The van der Waals surface area contributed by atoms with Crippen LogP contribution in [0.15, 0.2) is 23.1 Å². The maximum absolute atomic E-state index is 13.5. The molecule has 0 N–H and O–H groups in total. The second kappa shape index (κ2) is 8.01. The summed E-state index contributed by atoms with van der Waals surface area (Å²) >= 11 is 0. The predicted molar refractivity (Wildman–Crippen MR) is 124 cm³/mol. The molecule has 0 aliphatic carbocycles. The summed E-state index contributed by atoms with van der Waals surface area (Å²) in [6.45, 7) is 7.80. The van der Waals surface area contributed by atoms with Gasteiger partial charge in [-0.05, 0) is 51.4 Å². The normalized spacial score (nSPS) is 21.0. The third-order valence-electron chi connectivity index (χ3n) is 7.30. The van der Waals surface area contributed by atoms with Gasteiger partial charge < -0.3 is 19.1 Å². The number of benzene rings is 1. The lowest BCUT2D eigenvalue weighted by atomic mass is 10.0. The molecule has 0 spiro atoms. The van der Waals surface area contributed by atoms with E-state index in [0.717, 1.165) is 54.5 Å². The third-order valence-corrected chi connectivity index (χ3v) is 7.30. The Bertz CT molecular complexity index is 1250. The molecule has 2 saturated heterocycles. The molecule has 1 amide bonds. The van der Waals surface area contributed by atoms with E-state index in [0.29, 0.717) is 30.2 Å². The molecule has 1 aromatic carbocycles. The molecular formula is C24H31N5O3. The fourth-order valence-corrected chi connectivity index (χ4v) is 5.08. The van der Waals surface area contributed by atoms with Crippen molar-refractivity contribution in [3.63, 3.8) is 0 Å². The minimum Gasteiger partial charge on any atom is -0.381 e. The Morgan fingerprint density at radius 3 is 2.59 bits per heavy atom. The van der Waals surface area contributed by atoms with Gasteiger partial charge in [-0.1, -0.05) is 0 Å². The van der Waals surface area contributed by atoms with Crippen molar-refractivity contribution in [3.8, 4) is 0 Å². The third kappa shape index (κ3) is 3.33. The Morgan fingerprint density at radius 1 is 1.12 bits per heavy atom. The van der Waals surface area contributed by atoms with E-state index >= 15 is 0 Å². The number of hydrogen-bond donors (Lipinski definition) is 0. The average Bonchev–Trinajstić information content (AvgIpc) is 3.24. The van der Waals surface area contributed by atoms with Crippen molar-refractivity contribution in [2.45, 2.75) is 38.8 Å². The van der Waals surface area contributed by atoms with Crippen LogP contribution in [0.25, 0.3) is 21.8 Å². The molecular weight excluding hydrogens is 406 g/mol. The quantitative estimate of drug-likeness (QED) is 0.615. The number of rotatable bonds is 2. The van der Waals surface area contributed by atoms with Crippen LogP contribution in [0.1, 0.15) is 41.7 Å². The number of piperazine rings is 1. The molecule has 2 aliphatic heterocycles. The van der Waals surface area contributed by atoms with Gasteiger partial charge in [-0.2, -0.15) is 5.10 Å². The van der Waals surface area contributed by atoms with Crippen molar-refractivity contribution in [2.75, 3.05) is 39.9 Å². The lowest BCUT2D eigenvalue weighted by Gasteiger charge is -2.38. The summed E-state index contributed by atoms with van der Waals surface area (Å²) < 4.78 is 9.19. The monoisotopic (exact) mass is 437 g/mol. The summed E-state index contributed by atoms with van der Waals surface area (Å²) in [7, 11) is 3.89. The molecule has 0 bridgehead atoms. The number of carbonyl (C=O) groups excluding carboxylic acids is 1. The number of hydrogen-bond acceptors (Lipinski definition) is 5. The number of pyridine rings is 1. The molecule has 2 aliphatic rings. The summed E-state index contributed by atoms with van der Waals surface area (Å²) in [6, 6.07) is 4.48. The molecule has 170 valence electrons. The Balaban J connectivity index is 1.68. The number of fused-ring (bicyclic) bond motifs is 3. The van der Waals surface area contributed by atoms with Gasteiger partial charge in [0.15, 0.2) is 0 Å². The van der Waals surface area contributed by atoms with E-state index in [9.17, 15) is 9.59 Å². The van der Waals surface area contributed by atoms with Gasteiger partial charge in [-0.25, -0.2) is 0 Å². The molecule has 0 saturated carbocycles. The summed E-state index contributed by atoms with van der Waals surface area (Å²) in [5.41, 5.74) is 3.19. The van der Waals surface area contributed by atoms with Gasteiger partial charge in [0, 0.05) is 56.9 Å². The van der Waals surface area contributed by atoms with E-state index in [-0.39, 0.29) is 17.5 Å². The maximum Gasteiger partial charge on any atom is 0.261 e. The van der Waals surface area contributed by atoms with Crippen LogP contribution < -0.4 is 5.56 Å². The number of aromatic nitrogens is 3. The average molecular weight is 438 g/mol. The lowest BCUT2D eigenvalue weighted by Crippen LogP contribution is -2.52. The minimum absolute atomic E-state index is 0.0582.